The van der Waals surface area contributed by atoms with Gasteiger partial charge in [-0.3, -0.25) is 15.0 Å². The lowest BCUT2D eigenvalue weighted by atomic mass is 9.85. The first-order chi connectivity index (χ1) is 14.8. The van der Waals surface area contributed by atoms with Gasteiger partial charge in [0.15, 0.2) is 0 Å². The second-order valence-corrected chi connectivity index (χ2v) is 8.31. The number of ether oxygens (including phenoxy) is 1. The van der Waals surface area contributed by atoms with Crippen molar-refractivity contribution in [2.45, 2.75) is 31.6 Å². The molecule has 3 unspecified atom stereocenters. The van der Waals surface area contributed by atoms with Gasteiger partial charge in [0, 0.05) is 44.0 Å². The van der Waals surface area contributed by atoms with Gasteiger partial charge in [-0.05, 0) is 41.3 Å². The van der Waals surface area contributed by atoms with E-state index in [4.69, 9.17) is 4.74 Å². The van der Waals surface area contributed by atoms with Gasteiger partial charge >= 0.3 is 0 Å². The van der Waals surface area contributed by atoms with Crippen molar-refractivity contribution < 1.29 is 4.74 Å². The lowest BCUT2D eigenvalue weighted by Gasteiger charge is -2.36. The van der Waals surface area contributed by atoms with Crippen LogP contribution in [0.25, 0.3) is 0 Å². The van der Waals surface area contributed by atoms with Gasteiger partial charge in [-0.15, -0.1) is 0 Å². The Morgan fingerprint density at radius 2 is 1.80 bits per heavy atom. The van der Waals surface area contributed by atoms with E-state index in [9.17, 15) is 0 Å². The Labute approximate surface area is 177 Å². The average molecular weight is 404 g/mol. The van der Waals surface area contributed by atoms with Crippen LogP contribution in [0.1, 0.15) is 29.2 Å². The molecular formula is C24H29N5O. The fourth-order valence-corrected chi connectivity index (χ4v) is 4.83. The zero-order chi connectivity index (χ0) is 20.3. The summed E-state index contributed by atoms with van der Waals surface area (Å²) in [6, 6.07) is 20.0. The second kappa shape index (κ2) is 8.60. The van der Waals surface area contributed by atoms with Gasteiger partial charge in [0.2, 0.25) is 0 Å². The molecule has 0 saturated carbocycles. The molecule has 0 amide bonds. The number of piperidine rings is 1. The highest BCUT2D eigenvalue weighted by atomic mass is 16.5. The van der Waals surface area contributed by atoms with E-state index in [1.54, 1.807) is 7.11 Å². The summed E-state index contributed by atoms with van der Waals surface area (Å²) >= 11 is 0. The first-order valence-corrected chi connectivity index (χ1v) is 10.7. The molecule has 1 aromatic heterocycles. The number of nitrogens with one attached hydrogen (secondary N) is 2. The van der Waals surface area contributed by atoms with Crippen LogP contribution in [-0.2, 0) is 13.1 Å². The molecule has 3 heterocycles. The van der Waals surface area contributed by atoms with Gasteiger partial charge < -0.3 is 4.74 Å². The molecular weight excluding hydrogens is 374 g/mol. The third-order valence-corrected chi connectivity index (χ3v) is 6.47. The lowest BCUT2D eigenvalue weighted by molar-refractivity contribution is 0.148. The van der Waals surface area contributed by atoms with E-state index < -0.39 is 0 Å². The van der Waals surface area contributed by atoms with E-state index in [-0.39, 0.29) is 0 Å². The molecule has 2 N–H and O–H groups in total. The first kappa shape index (κ1) is 19.3. The Balaban J connectivity index is 1.29. The van der Waals surface area contributed by atoms with Crippen molar-refractivity contribution in [1.82, 2.24) is 25.5 Å². The van der Waals surface area contributed by atoms with E-state index in [1.165, 1.54) is 16.7 Å². The smallest absolute Gasteiger partial charge is 0.118 e. The van der Waals surface area contributed by atoms with Crippen LogP contribution in [0.15, 0.2) is 67.0 Å². The predicted molar refractivity (Wildman–Crippen MR) is 117 cm³/mol. The van der Waals surface area contributed by atoms with E-state index in [2.05, 4.69) is 69.4 Å². The van der Waals surface area contributed by atoms with Crippen molar-refractivity contribution >= 4 is 0 Å². The summed E-state index contributed by atoms with van der Waals surface area (Å²) in [7, 11) is 1.71. The molecule has 6 nitrogen and oxygen atoms in total. The quantitative estimate of drug-likeness (QED) is 0.663. The molecule has 30 heavy (non-hydrogen) atoms. The number of hydrazine groups is 1. The minimum Gasteiger partial charge on any atom is -0.497 e. The first-order valence-electron chi connectivity index (χ1n) is 10.7. The standard InChI is InChI=1S/C24H29N5O/c1-30-21-9-7-18(8-10-21)24-22-17-28(14-11-23(22)26-27-24)15-19-5-2-3-6-20(19)16-29-13-4-12-25-29/h2-10,12-13,22-24,26-27H,11,14-17H2,1H3. The molecule has 3 aromatic rings. The Kier molecular flexibility index (Phi) is 5.53. The van der Waals surface area contributed by atoms with Crippen molar-refractivity contribution in [3.05, 3.63) is 83.7 Å². The molecule has 2 fully saturated rings. The van der Waals surface area contributed by atoms with Crippen LogP contribution in [0.4, 0.5) is 0 Å². The van der Waals surface area contributed by atoms with Crippen molar-refractivity contribution in [2.24, 2.45) is 5.92 Å². The summed E-state index contributed by atoms with van der Waals surface area (Å²) in [5.74, 6) is 1.45. The second-order valence-electron chi connectivity index (χ2n) is 8.31. The molecule has 2 aliphatic rings. The van der Waals surface area contributed by atoms with E-state index >= 15 is 0 Å². The highest BCUT2D eigenvalue weighted by Gasteiger charge is 2.40. The molecule has 0 aliphatic carbocycles. The molecule has 3 atom stereocenters. The van der Waals surface area contributed by atoms with Crippen LogP contribution >= 0.6 is 0 Å². The molecule has 5 rings (SSSR count). The summed E-state index contributed by atoms with van der Waals surface area (Å²) in [5, 5.41) is 4.38. The SMILES string of the molecule is COc1ccc(C2NNC3CCN(Cc4ccccc4Cn4cccn4)CC32)cc1. The van der Waals surface area contributed by atoms with Gasteiger partial charge in [0.1, 0.15) is 5.75 Å². The number of benzene rings is 2. The van der Waals surface area contributed by atoms with E-state index in [1.807, 2.05) is 23.1 Å². The summed E-state index contributed by atoms with van der Waals surface area (Å²) in [5.41, 5.74) is 11.1. The summed E-state index contributed by atoms with van der Waals surface area (Å²) in [6.07, 6.45) is 5.02. The Morgan fingerprint density at radius 1 is 1.00 bits per heavy atom. The van der Waals surface area contributed by atoms with Gasteiger partial charge in [-0.2, -0.15) is 5.10 Å². The monoisotopic (exact) mass is 403 g/mol. The number of rotatable bonds is 6. The summed E-state index contributed by atoms with van der Waals surface area (Å²) in [4.78, 5) is 2.61. The maximum atomic E-state index is 5.32. The number of fused-ring (bicyclic) bond motifs is 1. The van der Waals surface area contributed by atoms with Gasteiger partial charge in [-0.1, -0.05) is 36.4 Å². The van der Waals surface area contributed by atoms with Gasteiger partial charge in [-0.25, -0.2) is 5.43 Å². The van der Waals surface area contributed by atoms with Gasteiger partial charge in [0.05, 0.1) is 19.7 Å². The Morgan fingerprint density at radius 3 is 2.53 bits per heavy atom. The molecule has 0 spiro atoms. The van der Waals surface area contributed by atoms with Crippen molar-refractivity contribution in [3.63, 3.8) is 0 Å². The summed E-state index contributed by atoms with van der Waals surface area (Å²) < 4.78 is 7.32. The third-order valence-electron chi connectivity index (χ3n) is 6.47. The van der Waals surface area contributed by atoms with Crippen molar-refractivity contribution in [2.75, 3.05) is 20.2 Å². The topological polar surface area (TPSA) is 54.4 Å². The largest absolute Gasteiger partial charge is 0.497 e. The molecule has 0 bridgehead atoms. The van der Waals surface area contributed by atoms with Crippen LogP contribution in [0, 0.1) is 5.92 Å². The van der Waals surface area contributed by atoms with Gasteiger partial charge in [0.25, 0.3) is 0 Å². The molecule has 6 heteroatoms. The number of likely N-dealkylation sites (tertiary alicyclic amines) is 1. The minimum absolute atomic E-state index is 0.322. The maximum absolute atomic E-state index is 5.32. The normalized spacial score (nSPS) is 24.0. The zero-order valence-electron chi connectivity index (χ0n) is 17.4. The average Bonchev–Trinajstić information content (AvgIpc) is 3.45. The lowest BCUT2D eigenvalue weighted by Crippen LogP contribution is -2.45. The van der Waals surface area contributed by atoms with Crippen molar-refractivity contribution in [3.8, 4) is 5.75 Å². The fraction of sp³-hybridized carbons (Fsp3) is 0.375. The molecule has 156 valence electrons. The third kappa shape index (κ3) is 3.99. The van der Waals surface area contributed by atoms with Crippen molar-refractivity contribution in [1.29, 1.82) is 0 Å². The summed E-state index contributed by atoms with van der Waals surface area (Å²) in [6.45, 7) is 4.00. The zero-order valence-corrected chi connectivity index (χ0v) is 17.4. The Bertz CT molecular complexity index is 956. The highest BCUT2D eigenvalue weighted by Crippen LogP contribution is 2.34. The van der Waals surface area contributed by atoms with E-state index in [0.29, 0.717) is 18.0 Å². The van der Waals surface area contributed by atoms with Crippen LogP contribution in [0.2, 0.25) is 0 Å². The molecule has 2 saturated heterocycles. The number of hydrogen-bond donors (Lipinski definition) is 2. The Hall–Kier alpha value is -2.67. The maximum Gasteiger partial charge on any atom is 0.118 e. The molecule has 0 radical (unpaired) electrons. The van der Waals surface area contributed by atoms with Crippen LogP contribution < -0.4 is 15.6 Å². The molecule has 2 aliphatic heterocycles. The van der Waals surface area contributed by atoms with E-state index in [0.717, 1.165) is 38.3 Å². The van der Waals surface area contributed by atoms with Crippen LogP contribution in [0.3, 0.4) is 0 Å². The van der Waals surface area contributed by atoms with Crippen LogP contribution in [-0.4, -0.2) is 40.9 Å². The molecule has 2 aromatic carbocycles. The number of hydrogen-bond acceptors (Lipinski definition) is 5. The predicted octanol–water partition coefficient (Wildman–Crippen LogP) is 2.98. The highest BCUT2D eigenvalue weighted by molar-refractivity contribution is 5.31. The number of aromatic nitrogens is 2. The fourth-order valence-electron chi connectivity index (χ4n) is 4.83. The number of nitrogens with zero attached hydrogens (tertiary/aromatic N) is 3. The number of methoxy groups -OCH3 is 1. The van der Waals surface area contributed by atoms with Crippen LogP contribution in [0.5, 0.6) is 5.75 Å². The minimum atomic E-state index is 0.322.